The van der Waals surface area contributed by atoms with Crippen molar-refractivity contribution in [3.63, 3.8) is 0 Å². The number of thiophene rings is 1. The minimum absolute atomic E-state index is 0.280. The van der Waals surface area contributed by atoms with Gasteiger partial charge in [-0.05, 0) is 35.7 Å². The monoisotopic (exact) mass is 388 g/mol. The van der Waals surface area contributed by atoms with Crippen molar-refractivity contribution < 1.29 is 4.79 Å². The molecule has 0 saturated heterocycles. The Hall–Kier alpha value is -3.16. The number of nitrogens with zero attached hydrogens (tertiary/aromatic N) is 3. The minimum Gasteiger partial charge on any atom is -0.312 e. The topological polar surface area (TPSA) is 67.8 Å². The van der Waals surface area contributed by atoms with Gasteiger partial charge in [-0.15, -0.1) is 22.7 Å². The molecule has 1 N–H and O–H groups in total. The number of fused-ring (bicyclic) bond motifs is 2. The Kier molecular flexibility index (Phi) is 3.88. The van der Waals surface area contributed by atoms with Crippen LogP contribution in [0.25, 0.3) is 31.8 Å². The summed E-state index contributed by atoms with van der Waals surface area (Å²) in [5.41, 5.74) is 3.63. The van der Waals surface area contributed by atoms with E-state index in [2.05, 4.69) is 20.3 Å². The van der Waals surface area contributed by atoms with Gasteiger partial charge in [0.25, 0.3) is 5.91 Å². The lowest BCUT2D eigenvalue weighted by Crippen LogP contribution is -2.13. The van der Waals surface area contributed by atoms with Crippen molar-refractivity contribution in [3.8, 4) is 10.6 Å². The molecule has 0 saturated carbocycles. The van der Waals surface area contributed by atoms with Crippen molar-refractivity contribution in [2.75, 3.05) is 5.32 Å². The summed E-state index contributed by atoms with van der Waals surface area (Å²) in [5.74, 6) is -0.280. The largest absolute Gasteiger partial charge is 0.312 e. The van der Waals surface area contributed by atoms with Crippen LogP contribution in [0.15, 0.2) is 66.2 Å². The SMILES string of the molecule is O=C(Nc1sccc1-c1nc2ccccc2s1)c1cnc2ccccc2n1. The maximum absolute atomic E-state index is 12.7. The van der Waals surface area contributed by atoms with Crippen molar-refractivity contribution in [3.05, 3.63) is 71.9 Å². The second-order valence-corrected chi connectivity index (χ2v) is 7.79. The molecule has 130 valence electrons. The zero-order valence-corrected chi connectivity index (χ0v) is 15.6. The molecule has 5 aromatic rings. The van der Waals surface area contributed by atoms with Crippen molar-refractivity contribution in [1.29, 1.82) is 0 Å². The van der Waals surface area contributed by atoms with Crippen LogP contribution in [0.1, 0.15) is 10.5 Å². The maximum atomic E-state index is 12.7. The van der Waals surface area contributed by atoms with E-state index >= 15 is 0 Å². The Morgan fingerprint density at radius 3 is 2.52 bits per heavy atom. The van der Waals surface area contributed by atoms with Crippen molar-refractivity contribution in [1.82, 2.24) is 15.0 Å². The summed E-state index contributed by atoms with van der Waals surface area (Å²) in [6.45, 7) is 0. The number of para-hydroxylation sites is 3. The van der Waals surface area contributed by atoms with E-state index in [0.717, 1.165) is 31.3 Å². The molecule has 3 heterocycles. The predicted molar refractivity (Wildman–Crippen MR) is 110 cm³/mol. The third-order valence-corrected chi connectivity index (χ3v) is 6.00. The first-order valence-electron chi connectivity index (χ1n) is 8.24. The van der Waals surface area contributed by atoms with Gasteiger partial charge in [-0.25, -0.2) is 9.97 Å². The van der Waals surface area contributed by atoms with Crippen LogP contribution in [-0.2, 0) is 0 Å². The lowest BCUT2D eigenvalue weighted by atomic mass is 10.3. The Labute approximate surface area is 162 Å². The Balaban J connectivity index is 1.47. The standard InChI is InChI=1S/C20H12N4OS2/c25-18(16-11-21-13-5-1-2-6-14(13)22-16)24-19-12(9-10-26-19)20-23-15-7-3-4-8-17(15)27-20/h1-11H,(H,24,25). The molecule has 0 radical (unpaired) electrons. The summed E-state index contributed by atoms with van der Waals surface area (Å²) < 4.78 is 1.12. The molecule has 27 heavy (non-hydrogen) atoms. The summed E-state index contributed by atoms with van der Waals surface area (Å²) in [5, 5.41) is 6.55. The molecule has 0 aliphatic rings. The van der Waals surface area contributed by atoms with Crippen LogP contribution in [0.3, 0.4) is 0 Å². The summed E-state index contributed by atoms with van der Waals surface area (Å²) >= 11 is 3.08. The van der Waals surface area contributed by atoms with Crippen LogP contribution < -0.4 is 5.32 Å². The molecule has 0 bridgehead atoms. The number of aromatic nitrogens is 3. The Morgan fingerprint density at radius 2 is 1.67 bits per heavy atom. The van der Waals surface area contributed by atoms with Gasteiger partial charge in [0.1, 0.15) is 15.7 Å². The van der Waals surface area contributed by atoms with Crippen LogP contribution in [0.4, 0.5) is 5.00 Å². The average Bonchev–Trinajstić information content (AvgIpc) is 3.33. The number of carbonyl (C=O) groups is 1. The number of hydrogen-bond donors (Lipinski definition) is 1. The second-order valence-electron chi connectivity index (χ2n) is 5.85. The molecular weight excluding hydrogens is 376 g/mol. The summed E-state index contributed by atoms with van der Waals surface area (Å²) in [6.07, 6.45) is 1.50. The number of rotatable bonds is 3. The first-order valence-corrected chi connectivity index (χ1v) is 9.94. The third-order valence-electron chi connectivity index (χ3n) is 4.10. The van der Waals surface area contributed by atoms with Crippen molar-refractivity contribution in [2.45, 2.75) is 0 Å². The number of amides is 1. The average molecular weight is 388 g/mol. The van der Waals surface area contributed by atoms with E-state index < -0.39 is 0 Å². The fourth-order valence-electron chi connectivity index (χ4n) is 2.80. The van der Waals surface area contributed by atoms with E-state index in [9.17, 15) is 4.79 Å². The van der Waals surface area contributed by atoms with Gasteiger partial charge in [-0.1, -0.05) is 24.3 Å². The molecule has 3 aromatic heterocycles. The van der Waals surface area contributed by atoms with Gasteiger partial charge in [-0.2, -0.15) is 0 Å². The van der Waals surface area contributed by atoms with Gasteiger partial charge in [0.2, 0.25) is 0 Å². The highest BCUT2D eigenvalue weighted by Gasteiger charge is 2.16. The Bertz CT molecular complexity index is 1260. The van der Waals surface area contributed by atoms with Crippen molar-refractivity contribution in [2.24, 2.45) is 0 Å². The van der Waals surface area contributed by atoms with Gasteiger partial charge >= 0.3 is 0 Å². The number of anilines is 1. The van der Waals surface area contributed by atoms with Crippen LogP contribution in [-0.4, -0.2) is 20.9 Å². The van der Waals surface area contributed by atoms with Gasteiger partial charge in [0.05, 0.1) is 27.4 Å². The Morgan fingerprint density at radius 1 is 0.889 bits per heavy atom. The molecule has 0 aliphatic carbocycles. The van der Waals surface area contributed by atoms with E-state index in [1.807, 2.05) is 60.0 Å². The van der Waals surface area contributed by atoms with E-state index in [1.54, 1.807) is 11.3 Å². The number of benzene rings is 2. The predicted octanol–water partition coefficient (Wildman–Crippen LogP) is 5.22. The molecule has 0 aliphatic heterocycles. The summed E-state index contributed by atoms with van der Waals surface area (Å²) in [6, 6.07) is 17.5. The molecule has 7 heteroatoms. The quantitative estimate of drug-likeness (QED) is 0.460. The molecule has 0 unspecified atom stereocenters. The number of hydrogen-bond acceptors (Lipinski definition) is 6. The highest BCUT2D eigenvalue weighted by atomic mass is 32.1. The van der Waals surface area contributed by atoms with E-state index in [-0.39, 0.29) is 11.6 Å². The molecule has 0 atom stereocenters. The van der Waals surface area contributed by atoms with E-state index in [4.69, 9.17) is 0 Å². The van der Waals surface area contributed by atoms with Gasteiger partial charge in [0, 0.05) is 5.56 Å². The van der Waals surface area contributed by atoms with Crippen molar-refractivity contribution >= 4 is 54.8 Å². The molecule has 0 fully saturated rings. The molecule has 5 nitrogen and oxygen atoms in total. The first-order chi connectivity index (χ1) is 13.3. The lowest BCUT2D eigenvalue weighted by molar-refractivity contribution is 0.102. The summed E-state index contributed by atoms with van der Waals surface area (Å²) in [7, 11) is 0. The second kappa shape index (κ2) is 6.53. The van der Waals surface area contributed by atoms with Gasteiger partial charge in [-0.3, -0.25) is 9.78 Å². The van der Waals surface area contributed by atoms with Crippen LogP contribution in [0.5, 0.6) is 0 Å². The maximum Gasteiger partial charge on any atom is 0.276 e. The molecule has 1 amide bonds. The fourth-order valence-corrected chi connectivity index (χ4v) is 4.64. The zero-order valence-electron chi connectivity index (χ0n) is 13.9. The third kappa shape index (κ3) is 2.97. The smallest absolute Gasteiger partial charge is 0.276 e. The normalized spacial score (nSPS) is 11.1. The lowest BCUT2D eigenvalue weighted by Gasteiger charge is -2.05. The fraction of sp³-hybridized carbons (Fsp3) is 0. The van der Waals surface area contributed by atoms with Gasteiger partial charge in [0.15, 0.2) is 0 Å². The molecular formula is C20H12N4OS2. The summed E-state index contributed by atoms with van der Waals surface area (Å²) in [4.78, 5) is 26.1. The minimum atomic E-state index is -0.280. The van der Waals surface area contributed by atoms with Crippen LogP contribution in [0, 0.1) is 0 Å². The highest BCUT2D eigenvalue weighted by Crippen LogP contribution is 2.37. The molecule has 0 spiro atoms. The van der Waals surface area contributed by atoms with Crippen LogP contribution >= 0.6 is 22.7 Å². The first kappa shape index (κ1) is 16.0. The molecule has 2 aromatic carbocycles. The number of thiazole rings is 1. The van der Waals surface area contributed by atoms with Gasteiger partial charge < -0.3 is 5.32 Å². The molecule has 5 rings (SSSR count). The number of nitrogens with one attached hydrogen (secondary N) is 1. The number of carbonyl (C=O) groups excluding carboxylic acids is 1. The van der Waals surface area contributed by atoms with E-state index in [0.29, 0.717) is 5.52 Å². The zero-order chi connectivity index (χ0) is 18.2. The van der Waals surface area contributed by atoms with Crippen LogP contribution in [0.2, 0.25) is 0 Å². The van der Waals surface area contributed by atoms with E-state index in [1.165, 1.54) is 17.5 Å². The highest BCUT2D eigenvalue weighted by molar-refractivity contribution is 7.22.